The molecule has 0 spiro atoms. The van der Waals surface area contributed by atoms with E-state index in [4.69, 9.17) is 11.6 Å². The number of Topliss-reactive ketones (excluding diaryl/α,β-unsaturated/α-hetero) is 1. The van der Waals surface area contributed by atoms with Crippen LogP contribution in [-0.2, 0) is 4.79 Å². The molecule has 0 unspecified atom stereocenters. The molecule has 23 heavy (non-hydrogen) atoms. The van der Waals surface area contributed by atoms with E-state index in [-0.39, 0.29) is 35.3 Å². The summed E-state index contributed by atoms with van der Waals surface area (Å²) in [6.45, 7) is 3.50. The SMILES string of the molecule is CC(C)C[C@H](CC(=O)CNC(=O)c1cc(Cl)ccc1F)B(O)O. The summed E-state index contributed by atoms with van der Waals surface area (Å²) in [4.78, 5) is 23.7. The Balaban J connectivity index is 2.58. The van der Waals surface area contributed by atoms with Crippen LogP contribution in [0.5, 0.6) is 0 Å². The number of halogens is 2. The first-order chi connectivity index (χ1) is 10.7. The highest BCUT2D eigenvalue weighted by Crippen LogP contribution is 2.23. The Kier molecular flexibility index (Phi) is 7.68. The third-order valence-corrected chi connectivity index (χ3v) is 3.54. The molecule has 5 nitrogen and oxygen atoms in total. The van der Waals surface area contributed by atoms with Crippen molar-refractivity contribution in [3.8, 4) is 0 Å². The van der Waals surface area contributed by atoms with Crippen LogP contribution in [0.1, 0.15) is 37.0 Å². The molecule has 1 aromatic carbocycles. The van der Waals surface area contributed by atoms with Crippen LogP contribution in [-0.4, -0.2) is 35.4 Å². The second-order valence-corrected chi connectivity index (χ2v) is 6.29. The molecule has 1 amide bonds. The molecule has 0 aromatic heterocycles. The third-order valence-electron chi connectivity index (χ3n) is 3.30. The summed E-state index contributed by atoms with van der Waals surface area (Å²) in [5.74, 6) is -2.24. The van der Waals surface area contributed by atoms with Gasteiger partial charge in [0.05, 0.1) is 12.1 Å². The van der Waals surface area contributed by atoms with Gasteiger partial charge in [0, 0.05) is 17.3 Å². The van der Waals surface area contributed by atoms with Crippen LogP contribution in [0.3, 0.4) is 0 Å². The largest absolute Gasteiger partial charge is 0.455 e. The van der Waals surface area contributed by atoms with E-state index in [0.717, 1.165) is 6.07 Å². The van der Waals surface area contributed by atoms with Gasteiger partial charge >= 0.3 is 7.12 Å². The molecule has 8 heteroatoms. The van der Waals surface area contributed by atoms with Gasteiger partial charge in [-0.2, -0.15) is 0 Å². The normalized spacial score (nSPS) is 12.1. The average molecular weight is 344 g/mol. The fourth-order valence-electron chi connectivity index (χ4n) is 2.23. The molecule has 0 bridgehead atoms. The Morgan fingerprint density at radius 2 is 2.00 bits per heavy atom. The first-order valence-corrected chi connectivity index (χ1v) is 7.69. The lowest BCUT2D eigenvalue weighted by atomic mass is 9.66. The van der Waals surface area contributed by atoms with E-state index in [1.807, 2.05) is 13.8 Å². The van der Waals surface area contributed by atoms with Crippen molar-refractivity contribution in [2.75, 3.05) is 6.54 Å². The molecule has 0 saturated carbocycles. The number of ketones is 1. The molecule has 0 heterocycles. The predicted molar refractivity (Wildman–Crippen MR) is 86.8 cm³/mol. The fourth-order valence-corrected chi connectivity index (χ4v) is 2.40. The highest BCUT2D eigenvalue weighted by Gasteiger charge is 2.26. The lowest BCUT2D eigenvalue weighted by Crippen LogP contribution is -2.32. The highest BCUT2D eigenvalue weighted by molar-refractivity contribution is 6.43. The van der Waals surface area contributed by atoms with Crippen molar-refractivity contribution in [3.05, 3.63) is 34.6 Å². The first kappa shape index (κ1) is 19.6. The number of rotatable bonds is 8. The highest BCUT2D eigenvalue weighted by atomic mass is 35.5. The summed E-state index contributed by atoms with van der Waals surface area (Å²) in [5, 5.41) is 21.1. The van der Waals surface area contributed by atoms with Crippen LogP contribution in [0.15, 0.2) is 18.2 Å². The summed E-state index contributed by atoms with van der Waals surface area (Å²) in [7, 11) is -1.59. The van der Waals surface area contributed by atoms with E-state index >= 15 is 0 Å². The summed E-state index contributed by atoms with van der Waals surface area (Å²) in [6, 6.07) is 3.56. The number of hydrogen-bond acceptors (Lipinski definition) is 4. The first-order valence-electron chi connectivity index (χ1n) is 7.31. The van der Waals surface area contributed by atoms with Gasteiger partial charge in [0.25, 0.3) is 5.91 Å². The molecule has 126 valence electrons. The molecular formula is C15H20BClFNO4. The Morgan fingerprint density at radius 1 is 1.35 bits per heavy atom. The van der Waals surface area contributed by atoms with E-state index in [9.17, 15) is 24.0 Å². The third kappa shape index (κ3) is 6.68. The van der Waals surface area contributed by atoms with Crippen molar-refractivity contribution in [2.24, 2.45) is 5.92 Å². The summed E-state index contributed by atoms with van der Waals surface area (Å²) in [6.07, 6.45) is 0.397. The smallest absolute Gasteiger partial charge is 0.427 e. The van der Waals surface area contributed by atoms with Gasteiger partial charge in [-0.25, -0.2) is 4.39 Å². The number of nitrogens with one attached hydrogen (secondary N) is 1. The standard InChI is InChI=1S/C15H20BClFNO4/c1-9(2)5-10(16(22)23)6-12(20)8-19-15(21)13-7-11(17)3-4-14(13)18/h3-4,7,9-10,22-23H,5-6,8H2,1-2H3,(H,19,21)/t10-/m1/s1. The Bertz CT molecular complexity index is 568. The lowest BCUT2D eigenvalue weighted by molar-refractivity contribution is -0.118. The second kappa shape index (κ2) is 9.01. The van der Waals surface area contributed by atoms with Gasteiger partial charge in [0.2, 0.25) is 0 Å². The summed E-state index contributed by atoms with van der Waals surface area (Å²) >= 11 is 5.71. The Morgan fingerprint density at radius 3 is 2.57 bits per heavy atom. The molecule has 3 N–H and O–H groups in total. The van der Waals surface area contributed by atoms with Crippen molar-refractivity contribution in [3.63, 3.8) is 0 Å². The van der Waals surface area contributed by atoms with E-state index in [0.29, 0.717) is 6.42 Å². The maximum Gasteiger partial charge on any atom is 0.455 e. The van der Waals surface area contributed by atoms with Crippen LogP contribution in [0.25, 0.3) is 0 Å². The van der Waals surface area contributed by atoms with Crippen molar-refractivity contribution in [2.45, 2.75) is 32.5 Å². The number of benzene rings is 1. The van der Waals surface area contributed by atoms with Crippen LogP contribution in [0.2, 0.25) is 10.8 Å². The fraction of sp³-hybridized carbons (Fsp3) is 0.467. The lowest BCUT2D eigenvalue weighted by Gasteiger charge is -2.17. The molecular weight excluding hydrogens is 323 g/mol. The monoisotopic (exact) mass is 343 g/mol. The molecule has 1 aromatic rings. The number of hydrogen-bond donors (Lipinski definition) is 3. The molecule has 0 aliphatic rings. The second-order valence-electron chi connectivity index (χ2n) is 5.85. The van der Waals surface area contributed by atoms with Gasteiger partial charge < -0.3 is 15.4 Å². The summed E-state index contributed by atoms with van der Waals surface area (Å²) < 4.78 is 13.5. The Hall–Kier alpha value is -1.44. The zero-order chi connectivity index (χ0) is 17.6. The zero-order valence-corrected chi connectivity index (χ0v) is 13.8. The van der Waals surface area contributed by atoms with Crippen LogP contribution < -0.4 is 5.32 Å². The van der Waals surface area contributed by atoms with Crippen LogP contribution in [0.4, 0.5) is 4.39 Å². The average Bonchev–Trinajstić information content (AvgIpc) is 2.46. The van der Waals surface area contributed by atoms with Crippen molar-refractivity contribution in [1.82, 2.24) is 5.32 Å². The molecule has 0 fully saturated rings. The minimum atomic E-state index is -1.59. The number of amides is 1. The zero-order valence-electron chi connectivity index (χ0n) is 13.1. The molecule has 0 saturated heterocycles. The van der Waals surface area contributed by atoms with E-state index < -0.39 is 24.7 Å². The molecule has 0 aliphatic heterocycles. The Labute approximate surface area is 140 Å². The topological polar surface area (TPSA) is 86.6 Å². The maximum atomic E-state index is 13.5. The van der Waals surface area contributed by atoms with Crippen molar-refractivity contribution < 1.29 is 24.0 Å². The number of carbonyl (C=O) groups excluding carboxylic acids is 2. The molecule has 0 aliphatic carbocycles. The van der Waals surface area contributed by atoms with Crippen molar-refractivity contribution in [1.29, 1.82) is 0 Å². The van der Waals surface area contributed by atoms with E-state index in [2.05, 4.69) is 5.32 Å². The molecule has 1 rings (SSSR count). The summed E-state index contributed by atoms with van der Waals surface area (Å²) in [5.41, 5.74) is -0.244. The van der Waals surface area contributed by atoms with Gasteiger partial charge in [-0.05, 0) is 30.5 Å². The molecule has 0 radical (unpaired) electrons. The van der Waals surface area contributed by atoms with Crippen molar-refractivity contribution >= 4 is 30.4 Å². The van der Waals surface area contributed by atoms with E-state index in [1.54, 1.807) is 0 Å². The van der Waals surface area contributed by atoms with Gasteiger partial charge in [0.1, 0.15) is 5.82 Å². The van der Waals surface area contributed by atoms with Gasteiger partial charge in [0.15, 0.2) is 5.78 Å². The molecule has 1 atom stereocenters. The number of carbonyl (C=O) groups is 2. The quantitative estimate of drug-likeness (QED) is 0.631. The van der Waals surface area contributed by atoms with Gasteiger partial charge in [-0.15, -0.1) is 0 Å². The maximum absolute atomic E-state index is 13.5. The predicted octanol–water partition coefficient (Wildman–Crippen LogP) is 2.06. The minimum Gasteiger partial charge on any atom is -0.427 e. The van der Waals surface area contributed by atoms with Gasteiger partial charge in [-0.1, -0.05) is 25.4 Å². The van der Waals surface area contributed by atoms with Crippen LogP contribution in [0, 0.1) is 11.7 Å². The minimum absolute atomic E-state index is 0.0752. The van der Waals surface area contributed by atoms with Crippen LogP contribution >= 0.6 is 11.6 Å². The van der Waals surface area contributed by atoms with Gasteiger partial charge in [-0.3, -0.25) is 9.59 Å². The van der Waals surface area contributed by atoms with E-state index in [1.165, 1.54) is 12.1 Å².